The smallest absolute Gasteiger partial charge is 0.219 e. The average molecular weight is 280 g/mol. The molecular formula is C17H16N2O2. The summed E-state index contributed by atoms with van der Waals surface area (Å²) in [5, 5.41) is 14.9. The maximum absolute atomic E-state index is 10.2. The molecule has 0 aliphatic carbocycles. The first kappa shape index (κ1) is 13.2. The van der Waals surface area contributed by atoms with Gasteiger partial charge in [0.15, 0.2) is 0 Å². The van der Waals surface area contributed by atoms with Crippen LogP contribution in [0.15, 0.2) is 48.5 Å². The molecule has 0 radical (unpaired) electrons. The molecule has 106 valence electrons. The van der Waals surface area contributed by atoms with Gasteiger partial charge in [-0.15, -0.1) is 0 Å². The van der Waals surface area contributed by atoms with Crippen LogP contribution in [0.3, 0.4) is 0 Å². The zero-order valence-electron chi connectivity index (χ0n) is 11.9. The van der Waals surface area contributed by atoms with Crippen molar-refractivity contribution >= 4 is 16.5 Å². The zero-order chi connectivity index (χ0) is 14.8. The first-order chi connectivity index (χ1) is 10.2. The Hall–Kier alpha value is -2.75. The number of rotatable bonds is 3. The molecular weight excluding hydrogens is 264 g/mol. The lowest BCUT2D eigenvalue weighted by molar-refractivity contribution is 0.415. The van der Waals surface area contributed by atoms with Crippen LogP contribution < -0.4 is 10.1 Å². The van der Waals surface area contributed by atoms with Crippen LogP contribution in [-0.2, 0) is 0 Å². The zero-order valence-corrected chi connectivity index (χ0v) is 11.9. The summed E-state index contributed by atoms with van der Waals surface area (Å²) in [5.41, 5.74) is 2.63. The first-order valence-electron chi connectivity index (χ1n) is 6.68. The lowest BCUT2D eigenvalue weighted by atomic mass is 10.1. The maximum Gasteiger partial charge on any atom is 0.219 e. The average Bonchev–Trinajstić information content (AvgIpc) is 2.54. The van der Waals surface area contributed by atoms with E-state index in [-0.39, 0.29) is 5.88 Å². The number of hydrogen-bond acceptors (Lipinski definition) is 4. The van der Waals surface area contributed by atoms with Crippen molar-refractivity contribution in [2.45, 2.75) is 0 Å². The van der Waals surface area contributed by atoms with E-state index in [0.29, 0.717) is 5.39 Å². The van der Waals surface area contributed by atoms with Crippen molar-refractivity contribution in [1.29, 1.82) is 0 Å². The summed E-state index contributed by atoms with van der Waals surface area (Å²) in [7, 11) is 3.49. The van der Waals surface area contributed by atoms with Crippen molar-refractivity contribution in [2.24, 2.45) is 0 Å². The van der Waals surface area contributed by atoms with Gasteiger partial charge in [-0.25, -0.2) is 4.98 Å². The van der Waals surface area contributed by atoms with Crippen LogP contribution in [-0.4, -0.2) is 24.2 Å². The van der Waals surface area contributed by atoms with E-state index in [4.69, 9.17) is 4.74 Å². The monoisotopic (exact) mass is 280 g/mol. The Morgan fingerprint density at radius 3 is 2.67 bits per heavy atom. The van der Waals surface area contributed by atoms with Crippen LogP contribution in [0.5, 0.6) is 11.6 Å². The molecule has 0 unspecified atom stereocenters. The van der Waals surface area contributed by atoms with Crippen LogP contribution in [0.1, 0.15) is 0 Å². The second kappa shape index (κ2) is 5.32. The van der Waals surface area contributed by atoms with E-state index >= 15 is 0 Å². The topological polar surface area (TPSA) is 54.4 Å². The first-order valence-corrected chi connectivity index (χ1v) is 6.68. The normalized spacial score (nSPS) is 10.6. The van der Waals surface area contributed by atoms with Crippen molar-refractivity contribution in [3.05, 3.63) is 48.5 Å². The number of aromatic nitrogens is 1. The quantitative estimate of drug-likeness (QED) is 0.768. The second-order valence-corrected chi connectivity index (χ2v) is 4.71. The summed E-state index contributed by atoms with van der Waals surface area (Å²) in [6.07, 6.45) is 0. The number of anilines is 1. The molecule has 1 heterocycles. The van der Waals surface area contributed by atoms with E-state index < -0.39 is 0 Å². The summed E-state index contributed by atoms with van der Waals surface area (Å²) < 4.78 is 5.24. The number of hydrogen-bond donors (Lipinski definition) is 2. The molecule has 4 heteroatoms. The van der Waals surface area contributed by atoms with E-state index in [0.717, 1.165) is 28.1 Å². The molecule has 0 aliphatic heterocycles. The minimum atomic E-state index is 0.0241. The van der Waals surface area contributed by atoms with Crippen molar-refractivity contribution in [3.63, 3.8) is 0 Å². The molecule has 4 nitrogen and oxygen atoms in total. The number of ether oxygens (including phenoxy) is 1. The second-order valence-electron chi connectivity index (χ2n) is 4.71. The van der Waals surface area contributed by atoms with Gasteiger partial charge in [-0.05, 0) is 35.7 Å². The van der Waals surface area contributed by atoms with E-state index in [9.17, 15) is 5.11 Å². The van der Waals surface area contributed by atoms with Gasteiger partial charge in [-0.3, -0.25) is 0 Å². The molecule has 0 fully saturated rings. The molecule has 0 bridgehead atoms. The van der Waals surface area contributed by atoms with E-state index in [1.807, 2.05) is 55.6 Å². The number of fused-ring (bicyclic) bond motifs is 1. The van der Waals surface area contributed by atoms with E-state index in [2.05, 4.69) is 10.3 Å². The van der Waals surface area contributed by atoms with Gasteiger partial charge in [0, 0.05) is 23.7 Å². The van der Waals surface area contributed by atoms with Gasteiger partial charge in [0.2, 0.25) is 5.88 Å². The molecule has 3 aromatic rings. The Bertz CT molecular complexity index is 800. The third kappa shape index (κ3) is 2.36. The van der Waals surface area contributed by atoms with Crippen molar-refractivity contribution in [2.75, 3.05) is 19.5 Å². The molecule has 1 aromatic heterocycles. The minimum absolute atomic E-state index is 0.0241. The lowest BCUT2D eigenvalue weighted by Crippen LogP contribution is -1.93. The predicted octanol–water partition coefficient (Wildman–Crippen LogP) is 3.66. The molecule has 2 aromatic carbocycles. The number of para-hydroxylation sites is 1. The molecule has 2 N–H and O–H groups in total. The van der Waals surface area contributed by atoms with Crippen LogP contribution >= 0.6 is 0 Å². The van der Waals surface area contributed by atoms with Crippen molar-refractivity contribution < 1.29 is 9.84 Å². The third-order valence-corrected chi connectivity index (χ3v) is 3.49. The Labute approximate surface area is 123 Å². The summed E-state index contributed by atoms with van der Waals surface area (Å²) >= 11 is 0. The van der Waals surface area contributed by atoms with Crippen LogP contribution in [0.2, 0.25) is 0 Å². The SMILES string of the molecule is CNc1ccccc1-c1cc2cc(OC)ccc2c(O)n1. The van der Waals surface area contributed by atoms with Gasteiger partial charge in [-0.1, -0.05) is 18.2 Å². The fraction of sp³-hybridized carbons (Fsp3) is 0.118. The van der Waals surface area contributed by atoms with Crippen LogP contribution in [0, 0.1) is 0 Å². The standard InChI is InChI=1S/C17H16N2O2/c1-18-15-6-4-3-5-14(15)16-10-11-9-12(21-2)7-8-13(11)17(20)19-16/h3-10,18H,1-2H3,(H,19,20). The molecule has 0 amide bonds. The number of nitrogens with zero attached hydrogens (tertiary/aromatic N) is 1. The molecule has 0 atom stereocenters. The molecule has 0 saturated heterocycles. The van der Waals surface area contributed by atoms with Gasteiger partial charge in [0.1, 0.15) is 5.75 Å². The highest BCUT2D eigenvalue weighted by atomic mass is 16.5. The Morgan fingerprint density at radius 1 is 1.10 bits per heavy atom. The molecule has 0 saturated carbocycles. The highest BCUT2D eigenvalue weighted by Crippen LogP contribution is 2.33. The lowest BCUT2D eigenvalue weighted by Gasteiger charge is -2.10. The number of benzene rings is 2. The minimum Gasteiger partial charge on any atom is -0.497 e. The third-order valence-electron chi connectivity index (χ3n) is 3.49. The van der Waals surface area contributed by atoms with Crippen LogP contribution in [0.4, 0.5) is 5.69 Å². The predicted molar refractivity (Wildman–Crippen MR) is 84.9 cm³/mol. The van der Waals surface area contributed by atoms with Crippen molar-refractivity contribution in [1.82, 2.24) is 4.98 Å². The maximum atomic E-state index is 10.2. The van der Waals surface area contributed by atoms with Crippen molar-refractivity contribution in [3.8, 4) is 22.9 Å². The Morgan fingerprint density at radius 2 is 1.90 bits per heavy atom. The molecule has 21 heavy (non-hydrogen) atoms. The number of pyridine rings is 1. The summed E-state index contributed by atoms with van der Waals surface area (Å²) in [6.45, 7) is 0. The Kier molecular flexibility index (Phi) is 3.36. The Balaban J connectivity index is 2.24. The van der Waals surface area contributed by atoms with E-state index in [1.165, 1.54) is 0 Å². The van der Waals surface area contributed by atoms with Gasteiger partial charge in [0.05, 0.1) is 12.8 Å². The molecule has 3 rings (SSSR count). The van der Waals surface area contributed by atoms with Gasteiger partial charge >= 0.3 is 0 Å². The number of methoxy groups -OCH3 is 1. The van der Waals surface area contributed by atoms with Crippen LogP contribution in [0.25, 0.3) is 22.0 Å². The highest BCUT2D eigenvalue weighted by molar-refractivity contribution is 5.92. The fourth-order valence-electron chi connectivity index (χ4n) is 2.41. The highest BCUT2D eigenvalue weighted by Gasteiger charge is 2.10. The van der Waals surface area contributed by atoms with E-state index in [1.54, 1.807) is 7.11 Å². The molecule has 0 spiro atoms. The summed E-state index contributed by atoms with van der Waals surface area (Å²) in [4.78, 5) is 4.31. The summed E-state index contributed by atoms with van der Waals surface area (Å²) in [6, 6.07) is 15.3. The van der Waals surface area contributed by atoms with Gasteiger partial charge in [-0.2, -0.15) is 0 Å². The number of aromatic hydroxyl groups is 1. The number of nitrogens with one attached hydrogen (secondary N) is 1. The van der Waals surface area contributed by atoms with Gasteiger partial charge < -0.3 is 15.2 Å². The molecule has 0 aliphatic rings. The largest absolute Gasteiger partial charge is 0.497 e. The summed E-state index contributed by atoms with van der Waals surface area (Å²) in [5.74, 6) is 0.775. The van der Waals surface area contributed by atoms with Gasteiger partial charge in [0.25, 0.3) is 0 Å². The fourth-order valence-corrected chi connectivity index (χ4v) is 2.41.